The first-order valence-electron chi connectivity index (χ1n) is 7.97. The molecule has 1 rings (SSSR count). The van der Waals surface area contributed by atoms with Gasteiger partial charge in [0.25, 0.3) is 0 Å². The van der Waals surface area contributed by atoms with Crippen LogP contribution in [0, 0.1) is 5.92 Å². The molecular formula is C17H25N3O4S. The van der Waals surface area contributed by atoms with Crippen molar-refractivity contribution in [3.8, 4) is 0 Å². The Morgan fingerprint density at radius 2 is 1.68 bits per heavy atom. The number of amides is 2. The van der Waals surface area contributed by atoms with Crippen LogP contribution in [-0.4, -0.2) is 29.9 Å². The molecule has 0 bridgehead atoms. The van der Waals surface area contributed by atoms with E-state index < -0.39 is 12.1 Å². The monoisotopic (exact) mass is 367 g/mol. The van der Waals surface area contributed by atoms with Crippen LogP contribution in [0.1, 0.15) is 33.3 Å². The fourth-order valence-corrected chi connectivity index (χ4v) is 2.41. The molecule has 1 aromatic carbocycles. The van der Waals surface area contributed by atoms with E-state index >= 15 is 0 Å². The van der Waals surface area contributed by atoms with E-state index in [-0.39, 0.29) is 30.3 Å². The molecule has 7 nitrogen and oxygen atoms in total. The summed E-state index contributed by atoms with van der Waals surface area (Å²) in [5.74, 6) is -0.929. The van der Waals surface area contributed by atoms with Crippen molar-refractivity contribution in [1.82, 2.24) is 10.0 Å². The van der Waals surface area contributed by atoms with E-state index in [0.717, 1.165) is 5.56 Å². The first-order chi connectivity index (χ1) is 11.7. The van der Waals surface area contributed by atoms with Crippen molar-refractivity contribution in [3.05, 3.63) is 29.8 Å². The molecule has 0 heterocycles. The maximum atomic E-state index is 12.2. The quantitative estimate of drug-likeness (QED) is 0.414. The summed E-state index contributed by atoms with van der Waals surface area (Å²) in [6, 6.07) is 5.73. The fraction of sp³-hybridized carbons (Fsp3) is 0.471. The standard InChI is InChI=1S/C17H25N3O4S/c1-10(2)15(20-25)17(23)18-11(3)16(22)19-14-7-5-13(6-8-14)9-24-12(4)21/h5-8,10-11,15,20,25H,9H2,1-4H3,(H,18,23)(H,19,22)/t11-,15-/m0/s1. The van der Waals surface area contributed by atoms with Gasteiger partial charge in [0, 0.05) is 12.6 Å². The lowest BCUT2D eigenvalue weighted by Crippen LogP contribution is -2.50. The highest BCUT2D eigenvalue weighted by Gasteiger charge is 2.24. The summed E-state index contributed by atoms with van der Waals surface area (Å²) < 4.78 is 7.53. The van der Waals surface area contributed by atoms with Gasteiger partial charge in [-0.15, -0.1) is 0 Å². The third-order valence-electron chi connectivity index (χ3n) is 3.50. The van der Waals surface area contributed by atoms with Crippen molar-refractivity contribution in [3.63, 3.8) is 0 Å². The van der Waals surface area contributed by atoms with E-state index in [1.54, 1.807) is 31.2 Å². The molecule has 0 aliphatic rings. The molecular weight excluding hydrogens is 342 g/mol. The molecule has 2 amide bonds. The minimum atomic E-state index is -0.698. The first kappa shape index (κ1) is 21.0. The van der Waals surface area contributed by atoms with Gasteiger partial charge in [0.1, 0.15) is 12.6 Å². The minimum Gasteiger partial charge on any atom is -0.461 e. The molecule has 0 aromatic heterocycles. The molecule has 0 saturated carbocycles. The normalized spacial score (nSPS) is 13.0. The van der Waals surface area contributed by atoms with E-state index in [9.17, 15) is 14.4 Å². The topological polar surface area (TPSA) is 96.5 Å². The van der Waals surface area contributed by atoms with E-state index in [4.69, 9.17) is 4.74 Å². The Labute approximate surface area is 153 Å². The Morgan fingerprint density at radius 3 is 2.16 bits per heavy atom. The smallest absolute Gasteiger partial charge is 0.302 e. The van der Waals surface area contributed by atoms with Crippen LogP contribution in [0.2, 0.25) is 0 Å². The lowest BCUT2D eigenvalue weighted by molar-refractivity contribution is -0.142. The lowest BCUT2D eigenvalue weighted by Gasteiger charge is -2.21. The van der Waals surface area contributed by atoms with Crippen LogP contribution in [-0.2, 0) is 25.7 Å². The number of carbonyl (C=O) groups is 3. The summed E-state index contributed by atoms with van der Waals surface area (Å²) in [7, 11) is 0. The van der Waals surface area contributed by atoms with E-state index in [2.05, 4.69) is 28.2 Å². The van der Waals surface area contributed by atoms with Gasteiger partial charge in [0.05, 0.1) is 6.04 Å². The predicted molar refractivity (Wildman–Crippen MR) is 98.9 cm³/mol. The van der Waals surface area contributed by atoms with Gasteiger partial charge >= 0.3 is 5.97 Å². The third-order valence-corrected chi connectivity index (χ3v) is 3.78. The van der Waals surface area contributed by atoms with Gasteiger partial charge in [0.2, 0.25) is 11.8 Å². The Bertz CT molecular complexity index is 604. The van der Waals surface area contributed by atoms with Crippen molar-refractivity contribution >= 4 is 36.3 Å². The average molecular weight is 367 g/mol. The first-order valence-corrected chi connectivity index (χ1v) is 8.42. The summed E-state index contributed by atoms with van der Waals surface area (Å²) >= 11 is 3.95. The predicted octanol–water partition coefficient (Wildman–Crippen LogP) is 1.65. The fourth-order valence-electron chi connectivity index (χ4n) is 2.00. The summed E-state index contributed by atoms with van der Waals surface area (Å²) in [6.45, 7) is 6.91. The number of esters is 1. The van der Waals surface area contributed by atoms with Crippen LogP contribution < -0.4 is 15.4 Å². The Morgan fingerprint density at radius 1 is 1.08 bits per heavy atom. The Hall–Kier alpha value is -2.06. The van der Waals surface area contributed by atoms with E-state index in [0.29, 0.717) is 5.69 Å². The summed E-state index contributed by atoms with van der Waals surface area (Å²) in [6.07, 6.45) is 0. The van der Waals surface area contributed by atoms with Gasteiger partial charge < -0.3 is 15.4 Å². The van der Waals surface area contributed by atoms with Gasteiger partial charge in [-0.1, -0.05) is 38.8 Å². The molecule has 138 valence electrons. The zero-order valence-corrected chi connectivity index (χ0v) is 15.7. The van der Waals surface area contributed by atoms with Gasteiger partial charge in [-0.2, -0.15) is 0 Å². The average Bonchev–Trinajstić information content (AvgIpc) is 2.54. The highest BCUT2D eigenvalue weighted by atomic mass is 32.1. The second kappa shape index (κ2) is 10.0. The lowest BCUT2D eigenvalue weighted by atomic mass is 10.0. The van der Waals surface area contributed by atoms with Crippen LogP contribution in [0.25, 0.3) is 0 Å². The van der Waals surface area contributed by atoms with Crippen LogP contribution in [0.3, 0.4) is 0 Å². The van der Waals surface area contributed by atoms with Crippen molar-refractivity contribution in [2.75, 3.05) is 5.32 Å². The number of rotatable bonds is 8. The number of anilines is 1. The summed E-state index contributed by atoms with van der Waals surface area (Å²) in [5.41, 5.74) is 1.40. The Kier molecular flexibility index (Phi) is 8.44. The van der Waals surface area contributed by atoms with Gasteiger partial charge in [0.15, 0.2) is 0 Å². The summed E-state index contributed by atoms with van der Waals surface area (Å²) in [4.78, 5) is 35.1. The van der Waals surface area contributed by atoms with Gasteiger partial charge in [-0.25, -0.2) is 0 Å². The molecule has 0 spiro atoms. The molecule has 3 N–H and O–H groups in total. The number of ether oxygens (including phenoxy) is 1. The number of thiol groups is 1. The number of hydrogen-bond acceptors (Lipinski definition) is 6. The highest BCUT2D eigenvalue weighted by Crippen LogP contribution is 2.11. The zero-order valence-electron chi connectivity index (χ0n) is 14.8. The second-order valence-corrected chi connectivity index (χ2v) is 6.31. The maximum Gasteiger partial charge on any atom is 0.302 e. The molecule has 0 aliphatic heterocycles. The molecule has 2 atom stereocenters. The zero-order chi connectivity index (χ0) is 19.0. The number of hydrogen-bond donors (Lipinski definition) is 4. The molecule has 0 unspecified atom stereocenters. The number of benzene rings is 1. The number of carbonyl (C=O) groups excluding carboxylic acids is 3. The number of nitrogens with one attached hydrogen (secondary N) is 3. The second-order valence-electron chi connectivity index (χ2n) is 6.05. The molecule has 0 radical (unpaired) electrons. The van der Waals surface area contributed by atoms with Crippen molar-refractivity contribution in [2.45, 2.75) is 46.4 Å². The largest absolute Gasteiger partial charge is 0.461 e. The molecule has 1 aromatic rings. The highest BCUT2D eigenvalue weighted by molar-refractivity contribution is 7.78. The molecule has 0 saturated heterocycles. The van der Waals surface area contributed by atoms with Crippen LogP contribution in [0.15, 0.2) is 24.3 Å². The minimum absolute atomic E-state index is 0.0394. The maximum absolute atomic E-state index is 12.2. The SMILES string of the molecule is CC(=O)OCc1ccc(NC(=O)[C@H](C)NC(=O)[C@@H](NS)C(C)C)cc1. The molecule has 0 fully saturated rings. The van der Waals surface area contributed by atoms with Crippen LogP contribution in [0.5, 0.6) is 0 Å². The Balaban J connectivity index is 2.57. The molecule has 0 aliphatic carbocycles. The van der Waals surface area contributed by atoms with Gasteiger partial charge in [-0.05, 0) is 30.5 Å². The van der Waals surface area contributed by atoms with Gasteiger partial charge in [-0.3, -0.25) is 19.1 Å². The third kappa shape index (κ3) is 7.15. The van der Waals surface area contributed by atoms with Crippen LogP contribution in [0.4, 0.5) is 5.69 Å². The van der Waals surface area contributed by atoms with Crippen molar-refractivity contribution in [2.24, 2.45) is 5.92 Å². The van der Waals surface area contributed by atoms with E-state index in [1.807, 2.05) is 13.8 Å². The van der Waals surface area contributed by atoms with Crippen molar-refractivity contribution < 1.29 is 19.1 Å². The van der Waals surface area contributed by atoms with Crippen LogP contribution >= 0.6 is 12.8 Å². The summed E-state index contributed by atoms with van der Waals surface area (Å²) in [5, 5.41) is 5.38. The van der Waals surface area contributed by atoms with Crippen molar-refractivity contribution in [1.29, 1.82) is 0 Å². The van der Waals surface area contributed by atoms with E-state index in [1.165, 1.54) is 6.92 Å². The molecule has 25 heavy (non-hydrogen) atoms. The molecule has 8 heteroatoms.